The molecule has 7 nitrogen and oxygen atoms in total. The number of carbonyl (C=O) groups excluding carboxylic acids is 1. The van der Waals surface area contributed by atoms with E-state index in [1.807, 2.05) is 56.1 Å². The fourth-order valence-corrected chi connectivity index (χ4v) is 4.17. The quantitative estimate of drug-likeness (QED) is 0.703. The molecular weight excluding hydrogens is 388 g/mol. The van der Waals surface area contributed by atoms with Crippen molar-refractivity contribution in [1.29, 1.82) is 0 Å². The van der Waals surface area contributed by atoms with E-state index in [9.17, 15) is 4.79 Å². The van der Waals surface area contributed by atoms with Crippen LogP contribution in [0.3, 0.4) is 0 Å². The SMILES string of the molecule is CCN(C(=O)CN1CCCC(c2nc(CNC)cc(N(C)C)n2)C1)c1cccc(C)c1. The fraction of sp³-hybridized carbons (Fsp3) is 0.542. The molecule has 1 aromatic carbocycles. The van der Waals surface area contributed by atoms with Crippen LogP contribution in [-0.2, 0) is 11.3 Å². The lowest BCUT2D eigenvalue weighted by Gasteiger charge is -2.33. The van der Waals surface area contributed by atoms with E-state index >= 15 is 0 Å². The van der Waals surface area contributed by atoms with Gasteiger partial charge in [0.05, 0.1) is 12.2 Å². The molecule has 7 heteroatoms. The maximum Gasteiger partial charge on any atom is 0.241 e. The van der Waals surface area contributed by atoms with Gasteiger partial charge in [0.2, 0.25) is 5.91 Å². The second-order valence-electron chi connectivity index (χ2n) is 8.55. The highest BCUT2D eigenvalue weighted by molar-refractivity contribution is 5.94. The van der Waals surface area contributed by atoms with E-state index in [1.54, 1.807) is 0 Å². The van der Waals surface area contributed by atoms with Gasteiger partial charge in [0.15, 0.2) is 0 Å². The minimum absolute atomic E-state index is 0.146. The Kier molecular flexibility index (Phi) is 7.98. The van der Waals surface area contributed by atoms with E-state index in [4.69, 9.17) is 9.97 Å². The molecule has 31 heavy (non-hydrogen) atoms. The van der Waals surface area contributed by atoms with Crippen LogP contribution < -0.4 is 15.1 Å². The molecule has 0 spiro atoms. The van der Waals surface area contributed by atoms with E-state index in [0.29, 0.717) is 19.6 Å². The predicted molar refractivity (Wildman–Crippen MR) is 127 cm³/mol. The Hall–Kier alpha value is -2.51. The molecule has 168 valence electrons. The highest BCUT2D eigenvalue weighted by atomic mass is 16.2. The maximum absolute atomic E-state index is 13.1. The summed E-state index contributed by atoms with van der Waals surface area (Å²) in [5.74, 6) is 2.21. The molecular formula is C24H36N6O. The molecule has 1 aliphatic heterocycles. The van der Waals surface area contributed by atoms with Crippen LogP contribution in [0.2, 0.25) is 0 Å². The zero-order chi connectivity index (χ0) is 22.4. The Morgan fingerprint density at radius 1 is 1.26 bits per heavy atom. The number of amides is 1. The number of nitrogens with one attached hydrogen (secondary N) is 1. The van der Waals surface area contributed by atoms with Crippen LogP contribution in [0.25, 0.3) is 0 Å². The molecule has 1 aliphatic rings. The first kappa shape index (κ1) is 23.2. The molecule has 1 aromatic heterocycles. The topological polar surface area (TPSA) is 64.6 Å². The highest BCUT2D eigenvalue weighted by Gasteiger charge is 2.27. The van der Waals surface area contributed by atoms with Crippen LogP contribution >= 0.6 is 0 Å². The summed E-state index contributed by atoms with van der Waals surface area (Å²) in [6, 6.07) is 10.2. The summed E-state index contributed by atoms with van der Waals surface area (Å²) in [7, 11) is 5.94. The predicted octanol–water partition coefficient (Wildman–Crippen LogP) is 2.80. The van der Waals surface area contributed by atoms with Gasteiger partial charge in [0, 0.05) is 51.4 Å². The number of aryl methyl sites for hydroxylation is 1. The van der Waals surface area contributed by atoms with Crippen LogP contribution in [0.15, 0.2) is 30.3 Å². The molecule has 1 N–H and O–H groups in total. The number of nitrogens with zero attached hydrogens (tertiary/aromatic N) is 5. The first-order valence-electron chi connectivity index (χ1n) is 11.2. The Labute approximate surface area is 186 Å². The van der Waals surface area contributed by atoms with Gasteiger partial charge < -0.3 is 15.1 Å². The van der Waals surface area contributed by atoms with Gasteiger partial charge in [-0.3, -0.25) is 9.69 Å². The van der Waals surface area contributed by atoms with Crippen LogP contribution in [0, 0.1) is 6.92 Å². The van der Waals surface area contributed by atoms with Crippen LogP contribution in [0.4, 0.5) is 11.5 Å². The zero-order valence-corrected chi connectivity index (χ0v) is 19.6. The second kappa shape index (κ2) is 10.7. The van der Waals surface area contributed by atoms with Crippen LogP contribution in [-0.4, -0.2) is 68.1 Å². The monoisotopic (exact) mass is 424 g/mol. The Morgan fingerprint density at radius 2 is 2.06 bits per heavy atom. The molecule has 1 amide bonds. The maximum atomic E-state index is 13.1. The minimum Gasteiger partial charge on any atom is -0.363 e. The van der Waals surface area contributed by atoms with E-state index in [2.05, 4.69) is 29.3 Å². The lowest BCUT2D eigenvalue weighted by Crippen LogP contribution is -2.44. The van der Waals surface area contributed by atoms with Crippen molar-refractivity contribution in [2.45, 2.75) is 39.2 Å². The summed E-state index contributed by atoms with van der Waals surface area (Å²) in [6.45, 7) is 7.64. The van der Waals surface area contributed by atoms with Crippen molar-refractivity contribution in [2.24, 2.45) is 0 Å². The molecule has 1 saturated heterocycles. The van der Waals surface area contributed by atoms with Gasteiger partial charge in [0.1, 0.15) is 11.6 Å². The molecule has 3 rings (SSSR count). The third kappa shape index (κ3) is 6.02. The lowest BCUT2D eigenvalue weighted by molar-refractivity contribution is -0.120. The fourth-order valence-electron chi connectivity index (χ4n) is 4.17. The molecule has 0 aliphatic carbocycles. The second-order valence-corrected chi connectivity index (χ2v) is 8.55. The van der Waals surface area contributed by atoms with Gasteiger partial charge >= 0.3 is 0 Å². The summed E-state index contributed by atoms with van der Waals surface area (Å²) < 4.78 is 0. The van der Waals surface area contributed by atoms with Crippen molar-refractivity contribution in [2.75, 3.05) is 57.1 Å². The molecule has 1 atom stereocenters. The molecule has 1 fully saturated rings. The van der Waals surface area contributed by atoms with Gasteiger partial charge in [0.25, 0.3) is 0 Å². The number of hydrogen-bond donors (Lipinski definition) is 1. The van der Waals surface area contributed by atoms with Crippen molar-refractivity contribution in [3.63, 3.8) is 0 Å². The summed E-state index contributed by atoms with van der Waals surface area (Å²) in [5.41, 5.74) is 3.14. The average molecular weight is 425 g/mol. The first-order chi connectivity index (χ1) is 14.9. The van der Waals surface area contributed by atoms with Crippen LogP contribution in [0.5, 0.6) is 0 Å². The number of benzene rings is 1. The lowest BCUT2D eigenvalue weighted by atomic mass is 9.97. The van der Waals surface area contributed by atoms with Crippen molar-refractivity contribution in [3.8, 4) is 0 Å². The van der Waals surface area contributed by atoms with Gasteiger partial charge in [-0.25, -0.2) is 9.97 Å². The Bertz CT molecular complexity index is 884. The number of hydrogen-bond acceptors (Lipinski definition) is 6. The van der Waals surface area contributed by atoms with Gasteiger partial charge in [-0.15, -0.1) is 0 Å². The van der Waals surface area contributed by atoms with Crippen molar-refractivity contribution < 1.29 is 4.79 Å². The highest BCUT2D eigenvalue weighted by Crippen LogP contribution is 2.26. The summed E-state index contributed by atoms with van der Waals surface area (Å²) >= 11 is 0. The smallest absolute Gasteiger partial charge is 0.241 e. The normalized spacial score (nSPS) is 16.9. The standard InChI is InChI=1S/C24H36N6O/c1-6-30(21-11-7-9-18(2)13-21)23(31)17-29-12-8-10-19(16-29)24-26-20(15-25-3)14-22(27-24)28(4)5/h7,9,11,13-14,19,25H,6,8,10,12,15-17H2,1-5H3. The Balaban J connectivity index is 1.72. The number of likely N-dealkylation sites (N-methyl/N-ethyl adjacent to an activating group) is 1. The Morgan fingerprint density at radius 3 is 2.74 bits per heavy atom. The third-order valence-electron chi connectivity index (χ3n) is 5.76. The summed E-state index contributed by atoms with van der Waals surface area (Å²) in [5, 5.41) is 3.18. The van der Waals surface area contributed by atoms with Crippen molar-refractivity contribution >= 4 is 17.4 Å². The number of carbonyl (C=O) groups is 1. The van der Waals surface area contributed by atoms with Gasteiger partial charge in [-0.2, -0.15) is 0 Å². The number of rotatable bonds is 8. The van der Waals surface area contributed by atoms with Crippen molar-refractivity contribution in [1.82, 2.24) is 20.2 Å². The van der Waals surface area contributed by atoms with E-state index in [0.717, 1.165) is 54.5 Å². The average Bonchev–Trinajstić information content (AvgIpc) is 2.74. The van der Waals surface area contributed by atoms with Gasteiger partial charge in [-0.1, -0.05) is 12.1 Å². The number of anilines is 2. The molecule has 2 aromatic rings. The first-order valence-corrected chi connectivity index (χ1v) is 11.2. The zero-order valence-electron chi connectivity index (χ0n) is 19.6. The largest absolute Gasteiger partial charge is 0.363 e. The van der Waals surface area contributed by atoms with Crippen LogP contribution in [0.1, 0.15) is 42.8 Å². The summed E-state index contributed by atoms with van der Waals surface area (Å²) in [6.07, 6.45) is 2.10. The van der Waals surface area contributed by atoms with E-state index in [-0.39, 0.29) is 11.8 Å². The van der Waals surface area contributed by atoms with Crippen molar-refractivity contribution in [3.05, 3.63) is 47.4 Å². The molecule has 0 saturated carbocycles. The number of aromatic nitrogens is 2. The van der Waals surface area contributed by atoms with E-state index in [1.165, 1.54) is 0 Å². The minimum atomic E-state index is 0.146. The molecule has 1 unspecified atom stereocenters. The molecule has 0 radical (unpaired) electrons. The molecule has 0 bridgehead atoms. The van der Waals surface area contributed by atoms with Gasteiger partial charge in [-0.05, 0) is 58.0 Å². The number of piperidine rings is 1. The molecule has 2 heterocycles. The van der Waals surface area contributed by atoms with E-state index < -0.39 is 0 Å². The number of likely N-dealkylation sites (tertiary alicyclic amines) is 1. The third-order valence-corrected chi connectivity index (χ3v) is 5.76. The summed E-state index contributed by atoms with van der Waals surface area (Å²) in [4.78, 5) is 28.9.